The summed E-state index contributed by atoms with van der Waals surface area (Å²) in [6, 6.07) is 113. The molecule has 0 bridgehead atoms. The van der Waals surface area contributed by atoms with Gasteiger partial charge in [0.1, 0.15) is 0 Å². The quantitative estimate of drug-likeness (QED) is 0.127. The van der Waals surface area contributed by atoms with Crippen molar-refractivity contribution in [3.05, 3.63) is 309 Å². The topological polar surface area (TPSA) is 13.0 Å². The van der Waals surface area contributed by atoms with Crippen LogP contribution < -0.4 is 36.0 Å². The summed E-state index contributed by atoms with van der Waals surface area (Å²) in [7, 11) is 0. The third-order valence-corrected chi connectivity index (χ3v) is 16.0. The molecule has 0 spiro atoms. The maximum absolute atomic E-state index is 2.58. The average molecular weight is 1010 g/mol. The lowest BCUT2D eigenvalue weighted by Gasteiger charge is -2.45. The van der Waals surface area contributed by atoms with Crippen LogP contribution in [-0.4, -0.2) is 6.71 Å². The van der Waals surface area contributed by atoms with Gasteiger partial charge in [0.2, 0.25) is 0 Å². The molecule has 0 saturated heterocycles. The Balaban J connectivity index is 1.04. The molecule has 370 valence electrons. The average Bonchev–Trinajstić information content (AvgIpc) is 3.53. The summed E-state index contributed by atoms with van der Waals surface area (Å²) in [5, 5.41) is 4.76. The Hall–Kier alpha value is -10.4. The zero-order valence-electron chi connectivity index (χ0n) is 43.3. The lowest BCUT2D eigenvalue weighted by Crippen LogP contribution is -2.61. The van der Waals surface area contributed by atoms with Gasteiger partial charge in [-0.3, -0.25) is 0 Å². The number of hydrogen-bond acceptors (Lipinski definition) is 4. The zero-order valence-corrected chi connectivity index (χ0v) is 43.3. The fraction of sp³-hybridized carbons (Fsp3) is 0. The molecule has 0 amide bonds. The molecule has 2 aliphatic heterocycles. The van der Waals surface area contributed by atoms with Crippen LogP contribution in [0.3, 0.4) is 0 Å². The van der Waals surface area contributed by atoms with Crippen LogP contribution in [-0.2, 0) is 0 Å². The Morgan fingerprint density at radius 2 is 0.684 bits per heavy atom. The summed E-state index contributed by atoms with van der Waals surface area (Å²) in [4.78, 5) is 9.95. The van der Waals surface area contributed by atoms with Gasteiger partial charge in [-0.15, -0.1) is 0 Å². The fourth-order valence-electron chi connectivity index (χ4n) is 12.4. The van der Waals surface area contributed by atoms with Gasteiger partial charge < -0.3 is 19.6 Å². The van der Waals surface area contributed by atoms with Crippen molar-refractivity contribution in [3.63, 3.8) is 0 Å². The number of nitrogens with zero attached hydrogens (tertiary/aromatic N) is 4. The van der Waals surface area contributed by atoms with E-state index in [4.69, 9.17) is 0 Å². The first kappa shape index (κ1) is 46.0. The van der Waals surface area contributed by atoms with Crippen molar-refractivity contribution in [1.82, 2.24) is 0 Å². The van der Waals surface area contributed by atoms with Gasteiger partial charge in [-0.25, -0.2) is 0 Å². The molecule has 5 heteroatoms. The van der Waals surface area contributed by atoms with Crippen LogP contribution in [0, 0.1) is 0 Å². The first-order valence-corrected chi connectivity index (χ1v) is 27.2. The predicted molar refractivity (Wildman–Crippen MR) is 336 cm³/mol. The van der Waals surface area contributed by atoms with Crippen molar-refractivity contribution >= 4 is 113 Å². The van der Waals surface area contributed by atoms with E-state index in [-0.39, 0.29) is 6.71 Å². The van der Waals surface area contributed by atoms with E-state index in [0.29, 0.717) is 0 Å². The summed E-state index contributed by atoms with van der Waals surface area (Å²) >= 11 is 0. The number of hydrogen-bond donors (Lipinski definition) is 0. The van der Waals surface area contributed by atoms with Crippen molar-refractivity contribution in [1.29, 1.82) is 0 Å². The van der Waals surface area contributed by atoms with Crippen molar-refractivity contribution in [2.45, 2.75) is 0 Å². The van der Waals surface area contributed by atoms with E-state index in [2.05, 4.69) is 329 Å². The molecule has 15 rings (SSSR count). The second-order valence-electron chi connectivity index (χ2n) is 20.5. The smallest absolute Gasteiger partial charge is 0.252 e. The monoisotopic (exact) mass is 1010 g/mol. The largest absolute Gasteiger partial charge is 0.311 e. The molecule has 13 aromatic rings. The van der Waals surface area contributed by atoms with E-state index in [1.54, 1.807) is 0 Å². The molecule has 0 atom stereocenters. The van der Waals surface area contributed by atoms with Gasteiger partial charge in [-0.2, -0.15) is 0 Å². The molecular formula is C74H51BN4. The first-order chi connectivity index (χ1) is 39.2. The van der Waals surface area contributed by atoms with E-state index in [1.165, 1.54) is 49.1 Å². The van der Waals surface area contributed by atoms with E-state index in [0.717, 1.165) is 79.4 Å². The summed E-state index contributed by atoms with van der Waals surface area (Å²) in [5.41, 5.74) is 21.7. The Morgan fingerprint density at radius 1 is 0.253 bits per heavy atom. The molecule has 0 aliphatic carbocycles. The summed E-state index contributed by atoms with van der Waals surface area (Å²) in [6.07, 6.45) is 0. The molecule has 0 saturated carbocycles. The summed E-state index contributed by atoms with van der Waals surface area (Å²) in [5.74, 6) is 0. The highest BCUT2D eigenvalue weighted by Crippen LogP contribution is 2.50. The lowest BCUT2D eigenvalue weighted by molar-refractivity contribution is 1.24. The number of rotatable bonds is 10. The Bertz CT molecular complexity index is 4330. The van der Waals surface area contributed by atoms with Crippen LogP contribution in [0.25, 0.3) is 43.8 Å². The highest BCUT2D eigenvalue weighted by molar-refractivity contribution is 7.00. The Kier molecular flexibility index (Phi) is 11.3. The first-order valence-electron chi connectivity index (χ1n) is 27.2. The second kappa shape index (κ2) is 19.3. The molecule has 0 unspecified atom stereocenters. The predicted octanol–water partition coefficient (Wildman–Crippen LogP) is 18.3. The molecule has 2 aliphatic rings. The number of para-hydroxylation sites is 3. The van der Waals surface area contributed by atoms with E-state index in [1.807, 2.05) is 0 Å². The van der Waals surface area contributed by atoms with Gasteiger partial charge in [-0.05, 0) is 146 Å². The van der Waals surface area contributed by atoms with Crippen molar-refractivity contribution in [2.24, 2.45) is 0 Å². The molecular weight excluding hydrogens is 956 g/mol. The minimum absolute atomic E-state index is 0.140. The Morgan fingerprint density at radius 3 is 1.28 bits per heavy atom. The highest BCUT2D eigenvalue weighted by atomic mass is 15.2. The van der Waals surface area contributed by atoms with Crippen LogP contribution in [0.5, 0.6) is 0 Å². The van der Waals surface area contributed by atoms with Gasteiger partial charge in [-0.1, -0.05) is 212 Å². The van der Waals surface area contributed by atoms with Crippen LogP contribution in [0.4, 0.5) is 68.2 Å². The molecule has 0 fully saturated rings. The molecule has 0 aromatic heterocycles. The van der Waals surface area contributed by atoms with Gasteiger partial charge in [0, 0.05) is 67.6 Å². The minimum atomic E-state index is -0.140. The molecule has 0 N–H and O–H groups in total. The molecule has 4 nitrogen and oxygen atoms in total. The zero-order chi connectivity index (χ0) is 52.2. The highest BCUT2D eigenvalue weighted by Gasteiger charge is 2.44. The van der Waals surface area contributed by atoms with E-state index >= 15 is 0 Å². The van der Waals surface area contributed by atoms with Crippen LogP contribution >= 0.6 is 0 Å². The third-order valence-electron chi connectivity index (χ3n) is 16.0. The van der Waals surface area contributed by atoms with Crippen molar-refractivity contribution in [3.8, 4) is 22.3 Å². The maximum atomic E-state index is 2.58. The van der Waals surface area contributed by atoms with E-state index in [9.17, 15) is 0 Å². The second-order valence-corrected chi connectivity index (χ2v) is 20.5. The van der Waals surface area contributed by atoms with Crippen LogP contribution in [0.2, 0.25) is 0 Å². The number of anilines is 12. The molecule has 79 heavy (non-hydrogen) atoms. The van der Waals surface area contributed by atoms with Gasteiger partial charge in [0.15, 0.2) is 0 Å². The molecule has 0 radical (unpaired) electrons. The lowest BCUT2D eigenvalue weighted by atomic mass is 9.33. The van der Waals surface area contributed by atoms with E-state index < -0.39 is 0 Å². The van der Waals surface area contributed by atoms with Crippen LogP contribution in [0.15, 0.2) is 309 Å². The third kappa shape index (κ3) is 7.94. The fourth-order valence-corrected chi connectivity index (χ4v) is 12.4. The van der Waals surface area contributed by atoms with Gasteiger partial charge in [0.25, 0.3) is 6.71 Å². The maximum Gasteiger partial charge on any atom is 0.252 e. The van der Waals surface area contributed by atoms with Crippen LogP contribution in [0.1, 0.15) is 0 Å². The standard InChI is InChI=1S/C74H51BN4/c1-6-22-52(23-7-1)54-40-42-61(43-41-54)78-70-50-62(76(58-30-10-3-11-31-58)59-32-12-4-13-33-59)44-46-66(70)75-67-47-45-63(77(60-34-14-5-15-35-60)68-38-20-28-55-26-16-18-36-64(55)68)51-71(67)79(69-39-21-29-56-27-17-19-37-65(56)69)73-49-57(48-72(78)74(73)75)53-24-8-2-9-25-53/h1-51H. The number of fused-ring (bicyclic) bond motifs is 6. The van der Waals surface area contributed by atoms with Crippen molar-refractivity contribution < 1.29 is 0 Å². The normalized spacial score (nSPS) is 12.2. The molecule has 2 heterocycles. The van der Waals surface area contributed by atoms with Gasteiger partial charge in [0.05, 0.1) is 11.4 Å². The summed E-state index contributed by atoms with van der Waals surface area (Å²) < 4.78 is 0. The molecule has 13 aromatic carbocycles. The Labute approximate surface area is 461 Å². The SMILES string of the molecule is c1ccc(-c2ccc(N3c4cc(N(c5ccccc5)c5ccccc5)ccc4B4c5ccc(N(c6ccccc6)c6cccc7ccccc67)cc5N(c5cccc6ccccc56)c5cc(-c6ccccc6)cc3c54)cc2)cc1. The van der Waals surface area contributed by atoms with Gasteiger partial charge >= 0.3 is 0 Å². The number of benzene rings is 13. The summed E-state index contributed by atoms with van der Waals surface area (Å²) in [6.45, 7) is -0.140. The van der Waals surface area contributed by atoms with Crippen molar-refractivity contribution in [2.75, 3.05) is 19.6 Å². The minimum Gasteiger partial charge on any atom is -0.311 e.